The SMILES string of the molecule is O=C(CCn1ccc2ccccc21)NCCN1CCN(c2ncccn2)CC1. The molecule has 0 atom stereocenters. The number of nitrogens with zero attached hydrogens (tertiary/aromatic N) is 5. The first-order valence-corrected chi connectivity index (χ1v) is 9.84. The molecule has 7 nitrogen and oxygen atoms in total. The van der Waals surface area contributed by atoms with Crippen molar-refractivity contribution in [3.63, 3.8) is 0 Å². The molecule has 0 unspecified atom stereocenters. The zero-order chi connectivity index (χ0) is 19.2. The van der Waals surface area contributed by atoms with Gasteiger partial charge in [-0.1, -0.05) is 18.2 Å². The van der Waals surface area contributed by atoms with Gasteiger partial charge in [-0.2, -0.15) is 0 Å². The minimum absolute atomic E-state index is 0.106. The topological polar surface area (TPSA) is 66.3 Å². The molecule has 7 heteroatoms. The molecule has 3 heterocycles. The van der Waals surface area contributed by atoms with Crippen LogP contribution in [-0.2, 0) is 11.3 Å². The third-order valence-corrected chi connectivity index (χ3v) is 5.22. The highest BCUT2D eigenvalue weighted by molar-refractivity contribution is 5.80. The molecule has 1 fully saturated rings. The van der Waals surface area contributed by atoms with Gasteiger partial charge in [0, 0.05) is 76.3 Å². The van der Waals surface area contributed by atoms with Gasteiger partial charge in [-0.05, 0) is 23.6 Å². The largest absolute Gasteiger partial charge is 0.355 e. The number of benzene rings is 1. The fourth-order valence-electron chi connectivity index (χ4n) is 3.63. The molecule has 1 saturated heterocycles. The summed E-state index contributed by atoms with van der Waals surface area (Å²) in [6.45, 7) is 6.02. The van der Waals surface area contributed by atoms with E-state index < -0.39 is 0 Å². The van der Waals surface area contributed by atoms with Crippen LogP contribution in [0, 0.1) is 0 Å². The Labute approximate surface area is 165 Å². The normalized spacial score (nSPS) is 15.1. The van der Waals surface area contributed by atoms with Crippen molar-refractivity contribution in [2.24, 2.45) is 0 Å². The average Bonchev–Trinajstić information content (AvgIpc) is 3.17. The van der Waals surface area contributed by atoms with E-state index in [4.69, 9.17) is 0 Å². The van der Waals surface area contributed by atoms with Gasteiger partial charge in [0.1, 0.15) is 0 Å². The molecule has 0 spiro atoms. The summed E-state index contributed by atoms with van der Waals surface area (Å²) in [6, 6.07) is 12.2. The van der Waals surface area contributed by atoms with E-state index >= 15 is 0 Å². The number of piperazine rings is 1. The molecular weight excluding hydrogens is 352 g/mol. The summed E-state index contributed by atoms with van der Waals surface area (Å²) >= 11 is 0. The van der Waals surface area contributed by atoms with Crippen LogP contribution in [0.2, 0.25) is 0 Å². The summed E-state index contributed by atoms with van der Waals surface area (Å²) < 4.78 is 2.14. The fraction of sp³-hybridized carbons (Fsp3) is 0.381. The van der Waals surface area contributed by atoms with Gasteiger partial charge in [-0.15, -0.1) is 0 Å². The highest BCUT2D eigenvalue weighted by Crippen LogP contribution is 2.15. The predicted molar refractivity (Wildman–Crippen MR) is 110 cm³/mol. The van der Waals surface area contributed by atoms with Gasteiger partial charge in [-0.3, -0.25) is 9.69 Å². The van der Waals surface area contributed by atoms with Crippen LogP contribution in [0.1, 0.15) is 6.42 Å². The lowest BCUT2D eigenvalue weighted by Gasteiger charge is -2.34. The maximum atomic E-state index is 12.2. The fourth-order valence-corrected chi connectivity index (χ4v) is 3.63. The Morgan fingerprint density at radius 1 is 0.964 bits per heavy atom. The van der Waals surface area contributed by atoms with Crippen LogP contribution in [0.4, 0.5) is 5.95 Å². The summed E-state index contributed by atoms with van der Waals surface area (Å²) in [4.78, 5) is 25.4. The number of fused-ring (bicyclic) bond motifs is 1. The van der Waals surface area contributed by atoms with Crippen molar-refractivity contribution < 1.29 is 4.79 Å². The average molecular weight is 378 g/mol. The minimum Gasteiger partial charge on any atom is -0.355 e. The van der Waals surface area contributed by atoms with Crippen molar-refractivity contribution in [1.29, 1.82) is 0 Å². The standard InChI is InChI=1S/C21H26N6O/c28-20(7-12-26-11-6-18-4-1-2-5-19(18)26)22-10-13-25-14-16-27(17-15-25)21-23-8-3-9-24-21/h1-6,8-9,11H,7,10,12-17H2,(H,22,28). The zero-order valence-corrected chi connectivity index (χ0v) is 16.0. The van der Waals surface area contributed by atoms with E-state index in [1.165, 1.54) is 10.9 Å². The number of aromatic nitrogens is 3. The molecule has 4 rings (SSSR count). The summed E-state index contributed by atoms with van der Waals surface area (Å²) in [5.74, 6) is 0.905. The third-order valence-electron chi connectivity index (χ3n) is 5.22. The van der Waals surface area contributed by atoms with Gasteiger partial charge < -0.3 is 14.8 Å². The summed E-state index contributed by atoms with van der Waals surface area (Å²) in [6.07, 6.45) is 6.10. The second kappa shape index (κ2) is 8.84. The van der Waals surface area contributed by atoms with E-state index in [1.807, 2.05) is 24.4 Å². The lowest BCUT2D eigenvalue weighted by molar-refractivity contribution is -0.121. The quantitative estimate of drug-likeness (QED) is 0.679. The van der Waals surface area contributed by atoms with Gasteiger partial charge in [0.2, 0.25) is 11.9 Å². The molecule has 0 aliphatic carbocycles. The Morgan fingerprint density at radius 3 is 2.57 bits per heavy atom. The molecule has 146 valence electrons. The van der Waals surface area contributed by atoms with Crippen LogP contribution in [-0.4, -0.2) is 64.6 Å². The summed E-state index contributed by atoms with van der Waals surface area (Å²) in [5.41, 5.74) is 1.18. The number of hydrogen-bond donors (Lipinski definition) is 1. The van der Waals surface area contributed by atoms with Gasteiger partial charge in [0.05, 0.1) is 0 Å². The molecular formula is C21H26N6O. The van der Waals surface area contributed by atoms with E-state index in [9.17, 15) is 4.79 Å². The second-order valence-corrected chi connectivity index (χ2v) is 7.05. The molecule has 0 saturated carbocycles. The number of rotatable bonds is 7. The third kappa shape index (κ3) is 4.48. The molecule has 1 amide bonds. The van der Waals surface area contributed by atoms with Crippen LogP contribution in [0.3, 0.4) is 0 Å². The van der Waals surface area contributed by atoms with Gasteiger partial charge in [0.25, 0.3) is 0 Å². The van der Waals surface area contributed by atoms with E-state index in [-0.39, 0.29) is 5.91 Å². The smallest absolute Gasteiger partial charge is 0.225 e. The number of carbonyl (C=O) groups excluding carboxylic acids is 1. The number of nitrogens with one attached hydrogen (secondary N) is 1. The molecule has 28 heavy (non-hydrogen) atoms. The van der Waals surface area contributed by atoms with Crippen molar-refractivity contribution in [3.05, 3.63) is 55.0 Å². The van der Waals surface area contributed by atoms with Crippen molar-refractivity contribution in [2.45, 2.75) is 13.0 Å². The first-order chi connectivity index (χ1) is 13.8. The Hall–Kier alpha value is -2.93. The Bertz CT molecular complexity index is 901. The van der Waals surface area contributed by atoms with E-state index in [0.29, 0.717) is 19.5 Å². The molecule has 1 N–H and O–H groups in total. The van der Waals surface area contributed by atoms with E-state index in [1.54, 1.807) is 12.4 Å². The number of carbonyl (C=O) groups is 1. The lowest BCUT2D eigenvalue weighted by Crippen LogP contribution is -2.49. The predicted octanol–water partition coefficient (Wildman–Crippen LogP) is 1.76. The minimum atomic E-state index is 0.106. The number of anilines is 1. The molecule has 0 bridgehead atoms. The Morgan fingerprint density at radius 2 is 1.75 bits per heavy atom. The van der Waals surface area contributed by atoms with Crippen molar-refractivity contribution >= 4 is 22.8 Å². The molecule has 1 aliphatic rings. The Balaban J connectivity index is 1.15. The number of amides is 1. The van der Waals surface area contributed by atoms with E-state index in [2.05, 4.69) is 47.9 Å². The van der Waals surface area contributed by atoms with Crippen LogP contribution in [0.15, 0.2) is 55.0 Å². The van der Waals surface area contributed by atoms with Crippen LogP contribution in [0.5, 0.6) is 0 Å². The van der Waals surface area contributed by atoms with Gasteiger partial charge >= 0.3 is 0 Å². The van der Waals surface area contributed by atoms with Crippen molar-refractivity contribution in [1.82, 2.24) is 24.8 Å². The molecule has 2 aromatic heterocycles. The van der Waals surface area contributed by atoms with Crippen LogP contribution < -0.4 is 10.2 Å². The second-order valence-electron chi connectivity index (χ2n) is 7.05. The van der Waals surface area contributed by atoms with E-state index in [0.717, 1.165) is 38.7 Å². The molecule has 1 aliphatic heterocycles. The highest BCUT2D eigenvalue weighted by atomic mass is 16.1. The van der Waals surface area contributed by atoms with Crippen LogP contribution in [0.25, 0.3) is 10.9 Å². The van der Waals surface area contributed by atoms with Crippen molar-refractivity contribution in [2.75, 3.05) is 44.2 Å². The molecule has 3 aromatic rings. The summed E-state index contributed by atoms with van der Waals surface area (Å²) in [5, 5.41) is 4.26. The maximum Gasteiger partial charge on any atom is 0.225 e. The Kier molecular flexibility index (Phi) is 5.82. The monoisotopic (exact) mass is 378 g/mol. The summed E-state index contributed by atoms with van der Waals surface area (Å²) in [7, 11) is 0. The van der Waals surface area contributed by atoms with Crippen molar-refractivity contribution in [3.8, 4) is 0 Å². The highest BCUT2D eigenvalue weighted by Gasteiger charge is 2.18. The zero-order valence-electron chi connectivity index (χ0n) is 16.0. The molecule has 0 radical (unpaired) electrons. The first-order valence-electron chi connectivity index (χ1n) is 9.84. The first kappa shape index (κ1) is 18.4. The van der Waals surface area contributed by atoms with Gasteiger partial charge in [0.15, 0.2) is 0 Å². The number of aryl methyl sites for hydroxylation is 1. The van der Waals surface area contributed by atoms with Crippen LogP contribution >= 0.6 is 0 Å². The molecule has 1 aromatic carbocycles. The van der Waals surface area contributed by atoms with Gasteiger partial charge in [-0.25, -0.2) is 9.97 Å². The maximum absolute atomic E-state index is 12.2. The number of para-hydroxylation sites is 1. The number of hydrogen-bond acceptors (Lipinski definition) is 5. The lowest BCUT2D eigenvalue weighted by atomic mass is 10.2.